The van der Waals surface area contributed by atoms with Gasteiger partial charge in [0.1, 0.15) is 6.54 Å². The van der Waals surface area contributed by atoms with E-state index in [4.69, 9.17) is 5.11 Å². The van der Waals surface area contributed by atoms with Gasteiger partial charge in [-0.15, -0.1) is 0 Å². The molecule has 0 spiro atoms. The number of nitrogens with one attached hydrogen (secondary N) is 2. The third kappa shape index (κ3) is 3.72. The number of carboxylic acid groups (broad SMARTS) is 1. The predicted octanol–water partition coefficient (Wildman–Crippen LogP) is 0.395. The molecule has 0 aromatic carbocycles. The van der Waals surface area contributed by atoms with Gasteiger partial charge in [0, 0.05) is 43.0 Å². The lowest BCUT2D eigenvalue weighted by molar-refractivity contribution is -0.134. The zero-order chi connectivity index (χ0) is 15.2. The maximum Gasteiger partial charge on any atom is 0.322 e. The van der Waals surface area contributed by atoms with Crippen molar-refractivity contribution in [2.45, 2.75) is 0 Å². The van der Waals surface area contributed by atoms with Gasteiger partial charge in [0.15, 0.2) is 0 Å². The highest BCUT2D eigenvalue weighted by Gasteiger charge is 2.07. The molecular weight excluding hydrogens is 274 g/mol. The van der Waals surface area contributed by atoms with Gasteiger partial charge in [-0.1, -0.05) is 0 Å². The Morgan fingerprint density at radius 3 is 2.48 bits per heavy atom. The molecule has 3 N–H and O–H groups in total. The average Bonchev–Trinajstić information content (AvgIpc) is 2.52. The van der Waals surface area contributed by atoms with E-state index >= 15 is 0 Å². The Morgan fingerprint density at radius 2 is 1.86 bits per heavy atom. The number of hydrogen-bond acceptors (Lipinski definition) is 6. The van der Waals surface area contributed by atoms with Crippen LogP contribution in [0.5, 0.6) is 0 Å². The van der Waals surface area contributed by atoms with E-state index in [1.807, 2.05) is 0 Å². The number of carboxylic acids is 1. The van der Waals surface area contributed by atoms with Crippen molar-refractivity contribution in [1.82, 2.24) is 20.3 Å². The normalized spacial score (nSPS) is 9.95. The third-order valence-corrected chi connectivity index (χ3v) is 2.61. The molecule has 0 aliphatic rings. The van der Waals surface area contributed by atoms with Gasteiger partial charge < -0.3 is 15.7 Å². The molecule has 1 amide bonds. The van der Waals surface area contributed by atoms with Crippen LogP contribution in [0.25, 0.3) is 11.1 Å². The number of carbonyl (C=O) groups is 2. The van der Waals surface area contributed by atoms with Gasteiger partial charge in [-0.2, -0.15) is 0 Å². The zero-order valence-electron chi connectivity index (χ0n) is 11.2. The van der Waals surface area contributed by atoms with Gasteiger partial charge in [-0.25, -0.2) is 9.97 Å². The Hall–Kier alpha value is -3.03. The predicted molar refractivity (Wildman–Crippen MR) is 74.8 cm³/mol. The number of anilines is 1. The Bertz CT molecular complexity index is 657. The molecule has 21 heavy (non-hydrogen) atoms. The van der Waals surface area contributed by atoms with E-state index in [9.17, 15) is 9.59 Å². The van der Waals surface area contributed by atoms with Crippen molar-refractivity contribution in [2.75, 3.05) is 18.9 Å². The van der Waals surface area contributed by atoms with Crippen LogP contribution in [0.3, 0.4) is 0 Å². The highest BCUT2D eigenvalue weighted by atomic mass is 16.4. The van der Waals surface area contributed by atoms with Gasteiger partial charge in [0.05, 0.1) is 5.56 Å². The second kappa shape index (κ2) is 6.42. The van der Waals surface area contributed by atoms with Crippen molar-refractivity contribution in [2.24, 2.45) is 0 Å². The summed E-state index contributed by atoms with van der Waals surface area (Å²) >= 11 is 0. The lowest BCUT2D eigenvalue weighted by atomic mass is 10.1. The van der Waals surface area contributed by atoms with Gasteiger partial charge >= 0.3 is 5.97 Å². The van der Waals surface area contributed by atoms with Crippen molar-refractivity contribution in [3.05, 3.63) is 36.4 Å². The van der Waals surface area contributed by atoms with Crippen molar-refractivity contribution in [3.63, 3.8) is 0 Å². The van der Waals surface area contributed by atoms with Crippen LogP contribution in [-0.4, -0.2) is 45.5 Å². The third-order valence-electron chi connectivity index (χ3n) is 2.61. The first-order chi connectivity index (χ1) is 10.1. The summed E-state index contributed by atoms with van der Waals surface area (Å²) in [6.45, 7) is -0.257. The van der Waals surface area contributed by atoms with Crippen LogP contribution in [0.1, 0.15) is 10.4 Å². The minimum Gasteiger partial charge on any atom is -0.480 e. The van der Waals surface area contributed by atoms with Crippen LogP contribution in [-0.2, 0) is 4.79 Å². The fourth-order valence-electron chi connectivity index (χ4n) is 1.59. The van der Waals surface area contributed by atoms with Gasteiger partial charge in [0.2, 0.25) is 5.95 Å². The van der Waals surface area contributed by atoms with Crippen LogP contribution < -0.4 is 10.6 Å². The fraction of sp³-hybridized carbons (Fsp3) is 0.154. The minimum absolute atomic E-state index is 0.219. The maximum absolute atomic E-state index is 11.6. The number of rotatable bonds is 5. The van der Waals surface area contributed by atoms with E-state index in [0.717, 1.165) is 0 Å². The molecule has 2 aromatic heterocycles. The van der Waals surface area contributed by atoms with Gasteiger partial charge in [-0.05, 0) is 6.07 Å². The highest BCUT2D eigenvalue weighted by Crippen LogP contribution is 2.18. The SMILES string of the molecule is CNC(=O)c1cncc(-c2cnc(NCC(=O)O)nc2)c1. The van der Waals surface area contributed by atoms with E-state index < -0.39 is 5.97 Å². The topological polar surface area (TPSA) is 117 Å². The molecule has 0 saturated carbocycles. The number of carbonyl (C=O) groups excluding carboxylic acids is 1. The van der Waals surface area contributed by atoms with Crippen LogP contribution in [0, 0.1) is 0 Å². The molecule has 0 unspecified atom stereocenters. The number of hydrogen-bond donors (Lipinski definition) is 3. The van der Waals surface area contributed by atoms with E-state index in [-0.39, 0.29) is 18.4 Å². The Morgan fingerprint density at radius 1 is 1.14 bits per heavy atom. The molecule has 2 rings (SSSR count). The second-order valence-electron chi connectivity index (χ2n) is 4.08. The molecule has 8 heteroatoms. The van der Waals surface area contributed by atoms with Gasteiger partial charge in [-0.3, -0.25) is 14.6 Å². The first-order valence-electron chi connectivity index (χ1n) is 6.05. The summed E-state index contributed by atoms with van der Waals surface area (Å²) in [4.78, 5) is 34.0. The molecular formula is C13H13N5O3. The van der Waals surface area contributed by atoms with Crippen LogP contribution in [0.2, 0.25) is 0 Å². The van der Waals surface area contributed by atoms with Crippen molar-refractivity contribution < 1.29 is 14.7 Å². The molecule has 0 saturated heterocycles. The minimum atomic E-state index is -0.995. The molecule has 2 aromatic rings. The second-order valence-corrected chi connectivity index (χ2v) is 4.08. The standard InChI is InChI=1S/C13H13N5O3/c1-14-12(21)9-2-8(3-15-4-9)10-5-16-13(17-6-10)18-7-11(19)20/h2-6H,7H2,1H3,(H,14,21)(H,19,20)(H,16,17,18). The Labute approximate surface area is 120 Å². The fourth-order valence-corrected chi connectivity index (χ4v) is 1.59. The Balaban J connectivity index is 2.18. The summed E-state index contributed by atoms with van der Waals surface area (Å²) in [5, 5.41) is 13.6. The lowest BCUT2D eigenvalue weighted by Gasteiger charge is -2.05. The molecule has 0 aliphatic carbocycles. The molecule has 2 heterocycles. The Kier molecular flexibility index (Phi) is 4.39. The summed E-state index contributed by atoms with van der Waals surface area (Å²) in [5.41, 5.74) is 1.80. The van der Waals surface area contributed by atoms with Crippen molar-refractivity contribution in [1.29, 1.82) is 0 Å². The van der Waals surface area contributed by atoms with Crippen LogP contribution in [0.15, 0.2) is 30.9 Å². The summed E-state index contributed by atoms with van der Waals surface area (Å²) in [7, 11) is 1.54. The molecule has 0 fully saturated rings. The quantitative estimate of drug-likeness (QED) is 0.728. The number of aliphatic carboxylic acids is 1. The number of aromatic nitrogens is 3. The molecule has 0 radical (unpaired) electrons. The number of nitrogens with zero attached hydrogens (tertiary/aromatic N) is 3. The lowest BCUT2D eigenvalue weighted by Crippen LogP contribution is -2.17. The zero-order valence-corrected chi connectivity index (χ0v) is 11.2. The van der Waals surface area contributed by atoms with Crippen molar-refractivity contribution >= 4 is 17.8 Å². The summed E-state index contributed by atoms with van der Waals surface area (Å²) in [6.07, 6.45) is 6.12. The van der Waals surface area contributed by atoms with E-state index in [2.05, 4.69) is 25.6 Å². The number of amides is 1. The first-order valence-corrected chi connectivity index (χ1v) is 6.05. The smallest absolute Gasteiger partial charge is 0.322 e. The molecule has 0 atom stereocenters. The average molecular weight is 287 g/mol. The maximum atomic E-state index is 11.6. The summed E-state index contributed by atoms with van der Waals surface area (Å²) in [5.74, 6) is -1.01. The largest absolute Gasteiger partial charge is 0.480 e. The molecule has 0 bridgehead atoms. The van der Waals surface area contributed by atoms with Crippen LogP contribution in [0.4, 0.5) is 5.95 Å². The van der Waals surface area contributed by atoms with E-state index in [1.165, 1.54) is 18.6 Å². The molecule has 8 nitrogen and oxygen atoms in total. The first kappa shape index (κ1) is 14.4. The highest BCUT2D eigenvalue weighted by molar-refractivity contribution is 5.94. The van der Waals surface area contributed by atoms with E-state index in [0.29, 0.717) is 16.7 Å². The summed E-state index contributed by atoms with van der Waals surface area (Å²) in [6, 6.07) is 1.68. The van der Waals surface area contributed by atoms with Gasteiger partial charge in [0.25, 0.3) is 5.91 Å². The number of pyridine rings is 1. The monoisotopic (exact) mass is 287 g/mol. The van der Waals surface area contributed by atoms with E-state index in [1.54, 1.807) is 19.3 Å². The summed E-state index contributed by atoms with van der Waals surface area (Å²) < 4.78 is 0. The molecule has 0 aliphatic heterocycles. The van der Waals surface area contributed by atoms with Crippen LogP contribution >= 0.6 is 0 Å². The van der Waals surface area contributed by atoms with Crippen molar-refractivity contribution in [3.8, 4) is 11.1 Å². The molecule has 108 valence electrons.